The summed E-state index contributed by atoms with van der Waals surface area (Å²) in [6.45, 7) is 2.95. The van der Waals surface area contributed by atoms with Gasteiger partial charge in [-0.25, -0.2) is 13.2 Å². The molecule has 0 heterocycles. The van der Waals surface area contributed by atoms with Gasteiger partial charge in [-0.15, -0.1) is 0 Å². The molecule has 0 aromatic carbocycles. The van der Waals surface area contributed by atoms with Crippen molar-refractivity contribution in [2.75, 3.05) is 23.8 Å². The van der Waals surface area contributed by atoms with Gasteiger partial charge >= 0.3 is 0 Å². The second-order valence-corrected chi connectivity index (χ2v) is 6.35. The fraction of sp³-hybridized carbons (Fsp3) is 0.786. The molecule has 0 aromatic heterocycles. The molecule has 0 saturated heterocycles. The average molecular weight is 421 g/mol. The largest absolute Gasteiger partial charge is 0.314 e. The van der Waals surface area contributed by atoms with Gasteiger partial charge in [0.2, 0.25) is 17.3 Å². The van der Waals surface area contributed by atoms with Gasteiger partial charge in [0.05, 0.1) is 12.2 Å². The Kier molecular flexibility index (Phi) is 9.92. The van der Waals surface area contributed by atoms with E-state index in [0.717, 1.165) is 0 Å². The number of thiol groups is 3. The van der Waals surface area contributed by atoms with E-state index in [-0.39, 0.29) is 13.0 Å². The van der Waals surface area contributed by atoms with Crippen LogP contribution in [0, 0.1) is 0 Å². The zero-order chi connectivity index (χ0) is 19.9. The third-order valence-electron chi connectivity index (χ3n) is 3.51. The van der Waals surface area contributed by atoms with Crippen LogP contribution in [0.3, 0.4) is 0 Å². The highest BCUT2D eigenvalue weighted by Crippen LogP contribution is 2.26. The number of likely N-dealkylation sites (N-methyl/N-ethyl adjacent to an activating group) is 1. The smallest absolute Gasteiger partial charge is 0.261 e. The molecule has 0 fully saturated rings. The Morgan fingerprint density at radius 1 is 0.880 bits per heavy atom. The number of nitrogens with one attached hydrogen (secondary N) is 2. The number of carbonyl (C=O) groups excluding carboxylic acids is 3. The maximum Gasteiger partial charge on any atom is 0.261 e. The number of Topliss-reactive ketones (excluding diaryl/α,β-unsaturated/α-hetero) is 2. The first-order valence-corrected chi connectivity index (χ1v) is 9.41. The van der Waals surface area contributed by atoms with E-state index in [1.54, 1.807) is 5.32 Å². The number of hydrogen-bond donors (Lipinski definition) is 5. The number of hydrogen-bond acceptors (Lipinski definition) is 7. The lowest BCUT2D eigenvalue weighted by molar-refractivity contribution is -0.146. The normalized spacial score (nSPS) is 18.6. The second kappa shape index (κ2) is 10.1. The summed E-state index contributed by atoms with van der Waals surface area (Å²) >= 11 is 11.0. The van der Waals surface area contributed by atoms with Crippen molar-refractivity contribution in [2.24, 2.45) is 0 Å². The molecule has 0 radical (unpaired) electrons. The Hall–Kier alpha value is -0.390. The summed E-state index contributed by atoms with van der Waals surface area (Å²) < 4.78 is 43.8. The maximum absolute atomic E-state index is 14.9. The Balaban J connectivity index is 5.42. The summed E-state index contributed by atoms with van der Waals surface area (Å²) in [7, 11) is 0. The van der Waals surface area contributed by atoms with Gasteiger partial charge in [-0.3, -0.25) is 19.7 Å². The summed E-state index contributed by atoms with van der Waals surface area (Å²) in [5, 5.41) is 3.85. The summed E-state index contributed by atoms with van der Waals surface area (Å²) in [5.41, 5.74) is -3.01. The summed E-state index contributed by atoms with van der Waals surface area (Å²) in [5.74, 6) is -11.5. The van der Waals surface area contributed by atoms with Crippen LogP contribution in [0.1, 0.15) is 26.7 Å². The van der Waals surface area contributed by atoms with Gasteiger partial charge < -0.3 is 5.32 Å². The van der Waals surface area contributed by atoms with E-state index in [0.29, 0.717) is 0 Å². The second-order valence-electron chi connectivity index (χ2n) is 5.40. The predicted molar refractivity (Wildman–Crippen MR) is 99.8 cm³/mol. The Morgan fingerprint density at radius 2 is 1.40 bits per heavy atom. The van der Waals surface area contributed by atoms with Crippen molar-refractivity contribution in [2.45, 2.75) is 43.9 Å². The number of ketones is 2. The molecule has 0 aromatic rings. The predicted octanol–water partition coefficient (Wildman–Crippen LogP) is 1.48. The highest BCUT2D eigenvalue weighted by Gasteiger charge is 2.49. The monoisotopic (exact) mass is 420 g/mol. The van der Waals surface area contributed by atoms with E-state index in [9.17, 15) is 27.6 Å². The SMILES string of the molecule is CCN[C@@](F)(CS)C(=O)C[C@@](F)(CS)C(=O)N[C@@](F)(CS)C(=O)CC. The lowest BCUT2D eigenvalue weighted by atomic mass is 9.94. The highest BCUT2D eigenvalue weighted by molar-refractivity contribution is 7.80. The molecule has 2 N–H and O–H groups in total. The first kappa shape index (κ1) is 24.6. The summed E-state index contributed by atoms with van der Waals surface area (Å²) in [4.78, 5) is 35.8. The minimum Gasteiger partial charge on any atom is -0.314 e. The quantitative estimate of drug-likeness (QED) is 0.245. The van der Waals surface area contributed by atoms with Crippen LogP contribution in [-0.2, 0) is 14.4 Å². The highest BCUT2D eigenvalue weighted by atomic mass is 32.1. The van der Waals surface area contributed by atoms with Gasteiger partial charge in [-0.05, 0) is 6.54 Å². The molecule has 0 spiro atoms. The third-order valence-corrected chi connectivity index (χ3v) is 4.88. The van der Waals surface area contributed by atoms with E-state index >= 15 is 0 Å². The number of alkyl halides is 3. The molecule has 0 aliphatic rings. The van der Waals surface area contributed by atoms with Crippen molar-refractivity contribution >= 4 is 55.4 Å². The first-order valence-electron chi connectivity index (χ1n) is 7.52. The van der Waals surface area contributed by atoms with Crippen molar-refractivity contribution in [1.82, 2.24) is 10.6 Å². The van der Waals surface area contributed by atoms with Crippen molar-refractivity contribution in [3.8, 4) is 0 Å². The van der Waals surface area contributed by atoms with Gasteiger partial charge in [0.15, 0.2) is 11.6 Å². The van der Waals surface area contributed by atoms with Crippen LogP contribution in [0.15, 0.2) is 0 Å². The fourth-order valence-corrected chi connectivity index (χ4v) is 2.69. The lowest BCUT2D eigenvalue weighted by Crippen LogP contribution is -2.60. The molecule has 25 heavy (non-hydrogen) atoms. The molecule has 1 amide bonds. The van der Waals surface area contributed by atoms with E-state index in [1.165, 1.54) is 13.8 Å². The summed E-state index contributed by atoms with van der Waals surface area (Å²) in [6.07, 6.45) is -1.46. The fourth-order valence-electron chi connectivity index (χ4n) is 1.90. The lowest BCUT2D eigenvalue weighted by Gasteiger charge is -2.30. The van der Waals surface area contributed by atoms with Crippen LogP contribution < -0.4 is 10.6 Å². The van der Waals surface area contributed by atoms with Crippen LogP contribution in [0.25, 0.3) is 0 Å². The molecule has 0 aliphatic carbocycles. The zero-order valence-corrected chi connectivity index (χ0v) is 16.6. The van der Waals surface area contributed by atoms with Gasteiger partial charge in [0.1, 0.15) is 0 Å². The molecular formula is C14H23F3N2O3S3. The molecule has 11 heteroatoms. The molecule has 0 bridgehead atoms. The molecule has 5 nitrogen and oxygen atoms in total. The van der Waals surface area contributed by atoms with Gasteiger partial charge in [-0.1, -0.05) is 13.8 Å². The van der Waals surface area contributed by atoms with Crippen LogP contribution in [0.2, 0.25) is 0 Å². The topological polar surface area (TPSA) is 75.3 Å². The third kappa shape index (κ3) is 6.07. The number of amides is 1. The minimum atomic E-state index is -3.01. The van der Waals surface area contributed by atoms with Crippen LogP contribution in [0.5, 0.6) is 0 Å². The number of carbonyl (C=O) groups is 3. The van der Waals surface area contributed by atoms with Crippen LogP contribution in [-0.4, -0.2) is 58.5 Å². The van der Waals surface area contributed by atoms with Gasteiger partial charge in [-0.2, -0.15) is 37.9 Å². The van der Waals surface area contributed by atoms with Crippen molar-refractivity contribution in [3.05, 3.63) is 0 Å². The van der Waals surface area contributed by atoms with Gasteiger partial charge in [0, 0.05) is 17.9 Å². The zero-order valence-electron chi connectivity index (χ0n) is 13.9. The Morgan fingerprint density at radius 3 is 1.76 bits per heavy atom. The van der Waals surface area contributed by atoms with E-state index in [1.807, 2.05) is 0 Å². The molecule has 0 unspecified atom stereocenters. The molecule has 0 saturated carbocycles. The van der Waals surface area contributed by atoms with Crippen molar-refractivity contribution in [3.63, 3.8) is 0 Å². The molecule has 146 valence electrons. The van der Waals surface area contributed by atoms with Crippen LogP contribution >= 0.6 is 37.9 Å². The molecule has 3 atom stereocenters. The van der Waals surface area contributed by atoms with E-state index in [2.05, 4.69) is 43.2 Å². The number of rotatable bonds is 12. The van der Waals surface area contributed by atoms with E-state index < -0.39 is 58.4 Å². The maximum atomic E-state index is 14.9. The van der Waals surface area contributed by atoms with Crippen molar-refractivity contribution in [1.29, 1.82) is 0 Å². The first-order chi connectivity index (χ1) is 11.5. The van der Waals surface area contributed by atoms with Crippen molar-refractivity contribution < 1.29 is 27.6 Å². The molecule has 0 rings (SSSR count). The Bertz CT molecular complexity index is 515. The average Bonchev–Trinajstić information content (AvgIpc) is 2.60. The Labute approximate surface area is 161 Å². The number of halogens is 3. The minimum absolute atomic E-state index is 0.0629. The van der Waals surface area contributed by atoms with Gasteiger partial charge in [0.25, 0.3) is 5.91 Å². The standard InChI is InChI=1S/C14H23F3N2O3S3/c1-3-9(20)14(17,8-25)19-11(22)12(15,6-23)5-10(21)13(16,7-24)18-4-2/h18,23-25H,3-8H2,1-2H3,(H,19,22)/t12-,13+,14+/m1/s1. The molecular weight excluding hydrogens is 397 g/mol. The molecule has 0 aliphatic heterocycles. The van der Waals surface area contributed by atoms with Crippen LogP contribution in [0.4, 0.5) is 13.2 Å². The summed E-state index contributed by atoms with van der Waals surface area (Å²) in [6, 6.07) is 0. The van der Waals surface area contributed by atoms with E-state index in [4.69, 9.17) is 0 Å².